The summed E-state index contributed by atoms with van der Waals surface area (Å²) in [5, 5.41) is 3.31. The molecule has 2 atom stereocenters. The standard InChI is InChI=1S/C9H13NO2/c1-7-4-10-5-9(12-7)8-2-3-11-6-8/h2-3,6-7,9-10H,4-5H2,1H3. The van der Waals surface area contributed by atoms with Crippen molar-refractivity contribution in [3.8, 4) is 0 Å². The summed E-state index contributed by atoms with van der Waals surface area (Å²) in [6.07, 6.45) is 3.87. The minimum absolute atomic E-state index is 0.160. The number of nitrogens with one attached hydrogen (secondary N) is 1. The predicted molar refractivity (Wildman–Crippen MR) is 44.9 cm³/mol. The summed E-state index contributed by atoms with van der Waals surface area (Å²) in [7, 11) is 0. The Kier molecular flexibility index (Phi) is 2.15. The summed E-state index contributed by atoms with van der Waals surface area (Å²) in [4.78, 5) is 0. The normalized spacial score (nSPS) is 30.4. The van der Waals surface area contributed by atoms with E-state index in [2.05, 4.69) is 12.2 Å². The molecule has 1 saturated heterocycles. The van der Waals surface area contributed by atoms with Crippen molar-refractivity contribution in [1.29, 1.82) is 0 Å². The van der Waals surface area contributed by atoms with E-state index in [1.165, 1.54) is 0 Å². The smallest absolute Gasteiger partial charge is 0.0984 e. The molecule has 1 aliphatic heterocycles. The Morgan fingerprint density at radius 3 is 3.08 bits per heavy atom. The van der Waals surface area contributed by atoms with E-state index in [9.17, 15) is 0 Å². The number of hydrogen-bond acceptors (Lipinski definition) is 3. The van der Waals surface area contributed by atoms with Crippen LogP contribution in [-0.2, 0) is 4.74 Å². The minimum Gasteiger partial charge on any atom is -0.472 e. The van der Waals surface area contributed by atoms with Gasteiger partial charge in [-0.15, -0.1) is 0 Å². The third-order valence-corrected chi connectivity index (χ3v) is 2.07. The average molecular weight is 167 g/mol. The maximum atomic E-state index is 5.71. The molecular formula is C9H13NO2. The average Bonchev–Trinajstić information content (AvgIpc) is 2.56. The molecule has 0 radical (unpaired) electrons. The largest absolute Gasteiger partial charge is 0.472 e. The number of ether oxygens (including phenoxy) is 1. The van der Waals surface area contributed by atoms with Crippen molar-refractivity contribution in [2.45, 2.75) is 19.1 Å². The predicted octanol–water partition coefficient (Wildman–Crippen LogP) is 1.33. The molecule has 0 amide bonds. The lowest BCUT2D eigenvalue weighted by atomic mass is 10.1. The Balaban J connectivity index is 2.04. The molecule has 1 aromatic heterocycles. The number of hydrogen-bond donors (Lipinski definition) is 1. The summed E-state index contributed by atoms with van der Waals surface area (Å²) in [5.41, 5.74) is 1.12. The molecular weight excluding hydrogens is 154 g/mol. The lowest BCUT2D eigenvalue weighted by Crippen LogP contribution is -2.38. The van der Waals surface area contributed by atoms with Gasteiger partial charge in [-0.25, -0.2) is 0 Å². The van der Waals surface area contributed by atoms with E-state index in [4.69, 9.17) is 9.15 Å². The minimum atomic E-state index is 0.160. The van der Waals surface area contributed by atoms with Crippen molar-refractivity contribution < 1.29 is 9.15 Å². The van der Waals surface area contributed by atoms with Gasteiger partial charge in [0, 0.05) is 18.7 Å². The number of furan rings is 1. The van der Waals surface area contributed by atoms with Gasteiger partial charge in [0.25, 0.3) is 0 Å². The number of rotatable bonds is 1. The van der Waals surface area contributed by atoms with Crippen LogP contribution in [0.3, 0.4) is 0 Å². The van der Waals surface area contributed by atoms with Crippen molar-refractivity contribution in [2.24, 2.45) is 0 Å². The van der Waals surface area contributed by atoms with Gasteiger partial charge >= 0.3 is 0 Å². The second-order valence-electron chi connectivity index (χ2n) is 3.15. The van der Waals surface area contributed by atoms with E-state index >= 15 is 0 Å². The van der Waals surface area contributed by atoms with Gasteiger partial charge in [-0.3, -0.25) is 0 Å². The van der Waals surface area contributed by atoms with Gasteiger partial charge in [0.15, 0.2) is 0 Å². The first-order valence-corrected chi connectivity index (χ1v) is 4.24. The van der Waals surface area contributed by atoms with E-state index < -0.39 is 0 Å². The molecule has 0 bridgehead atoms. The highest BCUT2D eigenvalue weighted by Crippen LogP contribution is 2.20. The zero-order valence-corrected chi connectivity index (χ0v) is 7.12. The monoisotopic (exact) mass is 167 g/mol. The molecule has 2 heterocycles. The van der Waals surface area contributed by atoms with Crippen molar-refractivity contribution in [1.82, 2.24) is 5.32 Å². The van der Waals surface area contributed by atoms with Gasteiger partial charge in [-0.1, -0.05) is 0 Å². The molecule has 1 fully saturated rings. The van der Waals surface area contributed by atoms with E-state index in [1.807, 2.05) is 6.07 Å². The molecule has 0 aromatic carbocycles. The highest BCUT2D eigenvalue weighted by atomic mass is 16.5. The third kappa shape index (κ3) is 1.52. The molecule has 66 valence electrons. The number of morpholine rings is 1. The molecule has 2 rings (SSSR count). The molecule has 1 aliphatic rings. The van der Waals surface area contributed by atoms with Gasteiger partial charge in [0.1, 0.15) is 0 Å². The molecule has 0 saturated carbocycles. The second-order valence-corrected chi connectivity index (χ2v) is 3.15. The Morgan fingerprint density at radius 1 is 1.50 bits per heavy atom. The quantitative estimate of drug-likeness (QED) is 0.685. The van der Waals surface area contributed by atoms with Crippen LogP contribution in [0.1, 0.15) is 18.6 Å². The van der Waals surface area contributed by atoms with E-state index in [1.54, 1.807) is 12.5 Å². The molecule has 3 nitrogen and oxygen atoms in total. The lowest BCUT2D eigenvalue weighted by molar-refractivity contribution is -0.0289. The van der Waals surface area contributed by atoms with Crippen molar-refractivity contribution in [3.63, 3.8) is 0 Å². The molecule has 3 heteroatoms. The van der Waals surface area contributed by atoms with Gasteiger partial charge in [0.05, 0.1) is 24.7 Å². The molecule has 0 aliphatic carbocycles. The van der Waals surface area contributed by atoms with Gasteiger partial charge in [0.2, 0.25) is 0 Å². The highest BCUT2D eigenvalue weighted by Gasteiger charge is 2.20. The van der Waals surface area contributed by atoms with Crippen LogP contribution in [0.15, 0.2) is 23.0 Å². The summed E-state index contributed by atoms with van der Waals surface area (Å²) in [6.45, 7) is 3.89. The maximum Gasteiger partial charge on any atom is 0.0984 e. The molecule has 1 aromatic rings. The fourth-order valence-corrected chi connectivity index (χ4v) is 1.45. The first-order valence-electron chi connectivity index (χ1n) is 4.24. The van der Waals surface area contributed by atoms with Crippen LogP contribution < -0.4 is 5.32 Å². The van der Waals surface area contributed by atoms with Crippen LogP contribution in [0, 0.1) is 0 Å². The molecule has 2 unspecified atom stereocenters. The summed E-state index contributed by atoms with van der Waals surface area (Å²) in [6, 6.07) is 1.95. The first-order chi connectivity index (χ1) is 5.86. The summed E-state index contributed by atoms with van der Waals surface area (Å²) < 4.78 is 10.7. The molecule has 12 heavy (non-hydrogen) atoms. The van der Waals surface area contributed by atoms with Crippen molar-refractivity contribution in [2.75, 3.05) is 13.1 Å². The van der Waals surface area contributed by atoms with Crippen LogP contribution in [0.25, 0.3) is 0 Å². The maximum absolute atomic E-state index is 5.71. The van der Waals surface area contributed by atoms with Gasteiger partial charge in [-0.05, 0) is 13.0 Å². The topological polar surface area (TPSA) is 34.4 Å². The summed E-state index contributed by atoms with van der Waals surface area (Å²) in [5.74, 6) is 0. The lowest BCUT2D eigenvalue weighted by Gasteiger charge is -2.27. The Morgan fingerprint density at radius 2 is 2.42 bits per heavy atom. The van der Waals surface area contributed by atoms with E-state index in [0.717, 1.165) is 18.7 Å². The van der Waals surface area contributed by atoms with Gasteiger partial charge < -0.3 is 14.5 Å². The van der Waals surface area contributed by atoms with Crippen LogP contribution in [0.4, 0.5) is 0 Å². The first kappa shape index (κ1) is 7.83. The Hall–Kier alpha value is -0.800. The van der Waals surface area contributed by atoms with Gasteiger partial charge in [-0.2, -0.15) is 0 Å². The Bertz CT molecular complexity index is 233. The third-order valence-electron chi connectivity index (χ3n) is 2.07. The highest BCUT2D eigenvalue weighted by molar-refractivity contribution is 5.10. The molecule has 0 spiro atoms. The van der Waals surface area contributed by atoms with Crippen LogP contribution in [-0.4, -0.2) is 19.2 Å². The van der Waals surface area contributed by atoms with E-state index in [0.29, 0.717) is 6.10 Å². The van der Waals surface area contributed by atoms with Crippen LogP contribution in [0.2, 0.25) is 0 Å². The zero-order chi connectivity index (χ0) is 8.39. The Labute approximate surface area is 71.7 Å². The fourth-order valence-electron chi connectivity index (χ4n) is 1.45. The van der Waals surface area contributed by atoms with Crippen LogP contribution >= 0.6 is 0 Å². The van der Waals surface area contributed by atoms with E-state index in [-0.39, 0.29) is 6.10 Å². The SMILES string of the molecule is CC1CNCC(c2ccoc2)O1. The van der Waals surface area contributed by atoms with Crippen LogP contribution in [0.5, 0.6) is 0 Å². The summed E-state index contributed by atoms with van der Waals surface area (Å²) >= 11 is 0. The van der Waals surface area contributed by atoms with Crippen molar-refractivity contribution >= 4 is 0 Å². The second kappa shape index (κ2) is 3.29. The zero-order valence-electron chi connectivity index (χ0n) is 7.12. The fraction of sp³-hybridized carbons (Fsp3) is 0.556. The van der Waals surface area contributed by atoms with Crippen molar-refractivity contribution in [3.05, 3.63) is 24.2 Å². The molecule has 1 N–H and O–H groups in total.